The number of aryl methyl sites for hydroxylation is 1. The van der Waals surface area contributed by atoms with Crippen molar-refractivity contribution in [1.29, 1.82) is 0 Å². The third-order valence-corrected chi connectivity index (χ3v) is 3.29. The van der Waals surface area contributed by atoms with Crippen LogP contribution in [0.2, 0.25) is 0 Å². The summed E-state index contributed by atoms with van der Waals surface area (Å²) in [7, 11) is 0. The van der Waals surface area contributed by atoms with E-state index in [9.17, 15) is 4.79 Å². The molecule has 2 aromatic rings. The van der Waals surface area contributed by atoms with E-state index >= 15 is 0 Å². The molecule has 1 heterocycles. The average Bonchev–Trinajstić information content (AvgIpc) is 2.58. The second-order valence-electron chi connectivity index (χ2n) is 5.96. The minimum Gasteiger partial charge on any atom is -0.465 e. The molecule has 0 fully saturated rings. The first-order valence-corrected chi connectivity index (χ1v) is 7.99. The van der Waals surface area contributed by atoms with Crippen LogP contribution in [0.5, 0.6) is 0 Å². The first kappa shape index (κ1) is 17.7. The number of carbonyl (C=O) groups is 1. The fourth-order valence-corrected chi connectivity index (χ4v) is 2.01. The first-order valence-electron chi connectivity index (χ1n) is 7.99. The van der Waals surface area contributed by atoms with Gasteiger partial charge in [-0.05, 0) is 36.1 Å². The fourth-order valence-electron chi connectivity index (χ4n) is 2.01. The first-order chi connectivity index (χ1) is 11.6. The molecule has 0 aliphatic carbocycles. The Morgan fingerprint density at radius 3 is 2.71 bits per heavy atom. The summed E-state index contributed by atoms with van der Waals surface area (Å²) >= 11 is 0. The molecule has 0 saturated carbocycles. The highest BCUT2D eigenvalue weighted by atomic mass is 16.5. The van der Waals surface area contributed by atoms with Crippen LogP contribution >= 0.6 is 0 Å². The van der Waals surface area contributed by atoms with Crippen molar-refractivity contribution < 1.29 is 9.53 Å². The molecule has 1 N–H and O–H groups in total. The molecule has 0 unspecified atom stereocenters. The summed E-state index contributed by atoms with van der Waals surface area (Å²) in [5.41, 5.74) is 2.47. The van der Waals surface area contributed by atoms with E-state index in [1.165, 1.54) is 0 Å². The molecule has 0 radical (unpaired) electrons. The molecule has 2 rings (SSSR count). The van der Waals surface area contributed by atoms with Crippen molar-refractivity contribution in [2.24, 2.45) is 10.9 Å². The minimum atomic E-state index is -0.221. The van der Waals surface area contributed by atoms with Crippen molar-refractivity contribution >= 4 is 11.9 Å². The number of amides is 1. The number of amidine groups is 1. The van der Waals surface area contributed by atoms with Crippen molar-refractivity contribution in [3.05, 3.63) is 65.5 Å². The van der Waals surface area contributed by atoms with Gasteiger partial charge < -0.3 is 4.74 Å². The predicted octanol–water partition coefficient (Wildman–Crippen LogP) is 3.35. The van der Waals surface area contributed by atoms with Gasteiger partial charge in [-0.1, -0.05) is 38.1 Å². The number of hydrogen-bond donors (Lipinski definition) is 1. The molecule has 0 bridgehead atoms. The Morgan fingerprint density at radius 1 is 1.25 bits per heavy atom. The van der Waals surface area contributed by atoms with Gasteiger partial charge >= 0.3 is 0 Å². The van der Waals surface area contributed by atoms with Crippen molar-refractivity contribution in [2.45, 2.75) is 27.3 Å². The van der Waals surface area contributed by atoms with Crippen molar-refractivity contribution in [1.82, 2.24) is 10.3 Å². The van der Waals surface area contributed by atoms with Crippen LogP contribution in [0, 0.1) is 12.8 Å². The molecule has 0 saturated heterocycles. The molecule has 0 atom stereocenters. The van der Waals surface area contributed by atoms with E-state index in [-0.39, 0.29) is 11.9 Å². The number of nitrogens with zero attached hydrogens (tertiary/aromatic N) is 2. The highest BCUT2D eigenvalue weighted by molar-refractivity contribution is 6.04. The van der Waals surface area contributed by atoms with Crippen LogP contribution in [0.25, 0.3) is 0 Å². The van der Waals surface area contributed by atoms with Gasteiger partial charge in [0, 0.05) is 18.0 Å². The SMILES string of the molecule is Cc1ccccc1C(=O)NC(=NCc1cccnc1)OCC(C)C. The van der Waals surface area contributed by atoms with Crippen LogP contribution in [-0.4, -0.2) is 23.5 Å². The summed E-state index contributed by atoms with van der Waals surface area (Å²) in [6, 6.07) is 11.4. The van der Waals surface area contributed by atoms with Gasteiger partial charge in [0.2, 0.25) is 0 Å². The molecule has 126 valence electrons. The number of rotatable bonds is 5. The summed E-state index contributed by atoms with van der Waals surface area (Å²) in [5.74, 6) is 0.116. The predicted molar refractivity (Wildman–Crippen MR) is 94.8 cm³/mol. The molecule has 24 heavy (non-hydrogen) atoms. The van der Waals surface area contributed by atoms with Crippen LogP contribution < -0.4 is 5.32 Å². The lowest BCUT2D eigenvalue weighted by Crippen LogP contribution is -2.34. The van der Waals surface area contributed by atoms with Crippen LogP contribution in [-0.2, 0) is 11.3 Å². The summed E-state index contributed by atoms with van der Waals surface area (Å²) < 4.78 is 5.65. The number of benzene rings is 1. The normalized spacial score (nSPS) is 11.4. The highest BCUT2D eigenvalue weighted by Gasteiger charge is 2.12. The third-order valence-electron chi connectivity index (χ3n) is 3.29. The van der Waals surface area contributed by atoms with Gasteiger partial charge in [-0.2, -0.15) is 0 Å². The molecule has 1 aromatic heterocycles. The molecule has 0 aliphatic rings. The Bertz CT molecular complexity index is 697. The zero-order valence-corrected chi connectivity index (χ0v) is 14.3. The average molecular weight is 325 g/mol. The largest absolute Gasteiger partial charge is 0.465 e. The lowest BCUT2D eigenvalue weighted by Gasteiger charge is -2.13. The lowest BCUT2D eigenvalue weighted by atomic mass is 10.1. The van der Waals surface area contributed by atoms with E-state index in [1.54, 1.807) is 18.5 Å². The summed E-state index contributed by atoms with van der Waals surface area (Å²) in [6.45, 7) is 6.87. The number of carbonyl (C=O) groups excluding carboxylic acids is 1. The number of pyridine rings is 1. The van der Waals surface area contributed by atoms with Gasteiger partial charge in [0.1, 0.15) is 0 Å². The monoisotopic (exact) mass is 325 g/mol. The topological polar surface area (TPSA) is 63.6 Å². The maximum Gasteiger partial charge on any atom is 0.292 e. The maximum absolute atomic E-state index is 12.4. The molecule has 0 spiro atoms. The van der Waals surface area contributed by atoms with E-state index in [4.69, 9.17) is 4.74 Å². The maximum atomic E-state index is 12.4. The second kappa shape index (κ2) is 8.82. The standard InChI is InChI=1S/C19H23N3O2/c1-14(2)13-24-19(21-12-16-8-6-10-20-11-16)22-18(23)17-9-5-4-7-15(17)3/h4-11,14H,12-13H2,1-3H3,(H,21,22,23). The van der Waals surface area contributed by atoms with E-state index in [2.05, 4.69) is 15.3 Å². The third kappa shape index (κ3) is 5.50. The van der Waals surface area contributed by atoms with Gasteiger partial charge in [0.25, 0.3) is 11.9 Å². The molecule has 5 nitrogen and oxygen atoms in total. The van der Waals surface area contributed by atoms with Gasteiger partial charge in [-0.15, -0.1) is 0 Å². The second-order valence-corrected chi connectivity index (χ2v) is 5.96. The number of aliphatic imine (C=N–C) groups is 1. The Balaban J connectivity index is 2.10. The Kier molecular flexibility index (Phi) is 6.49. The number of nitrogens with one attached hydrogen (secondary N) is 1. The van der Waals surface area contributed by atoms with Crippen LogP contribution in [0.4, 0.5) is 0 Å². The number of aromatic nitrogens is 1. The Morgan fingerprint density at radius 2 is 2.04 bits per heavy atom. The quantitative estimate of drug-likeness (QED) is 0.677. The van der Waals surface area contributed by atoms with Gasteiger partial charge in [0.15, 0.2) is 0 Å². The Labute approximate surface area is 142 Å². The van der Waals surface area contributed by atoms with Crippen molar-refractivity contribution in [2.75, 3.05) is 6.61 Å². The summed E-state index contributed by atoms with van der Waals surface area (Å²) in [6.07, 6.45) is 3.45. The van der Waals surface area contributed by atoms with Crippen molar-refractivity contribution in [3.63, 3.8) is 0 Å². The fraction of sp³-hybridized carbons (Fsp3) is 0.316. The van der Waals surface area contributed by atoms with Crippen molar-refractivity contribution in [3.8, 4) is 0 Å². The summed E-state index contributed by atoms with van der Waals surface area (Å²) in [4.78, 5) is 20.9. The van der Waals surface area contributed by atoms with Crippen LogP contribution in [0.3, 0.4) is 0 Å². The van der Waals surface area contributed by atoms with E-state index in [0.717, 1.165) is 11.1 Å². The van der Waals surface area contributed by atoms with Crippen LogP contribution in [0.15, 0.2) is 53.8 Å². The Hall–Kier alpha value is -2.69. The molecule has 1 amide bonds. The minimum absolute atomic E-state index is 0.221. The smallest absolute Gasteiger partial charge is 0.292 e. The molecule has 0 aliphatic heterocycles. The van der Waals surface area contributed by atoms with Gasteiger partial charge in [0.05, 0.1) is 13.2 Å². The van der Waals surface area contributed by atoms with Gasteiger partial charge in [-0.3, -0.25) is 15.1 Å². The van der Waals surface area contributed by atoms with Gasteiger partial charge in [-0.25, -0.2) is 4.99 Å². The molecular formula is C19H23N3O2. The van der Waals surface area contributed by atoms with Crippen LogP contribution in [0.1, 0.15) is 35.3 Å². The number of hydrogen-bond acceptors (Lipinski definition) is 4. The van der Waals surface area contributed by atoms with E-state index in [1.807, 2.05) is 51.1 Å². The zero-order chi connectivity index (χ0) is 17.4. The molecule has 5 heteroatoms. The van der Waals surface area contributed by atoms with E-state index < -0.39 is 0 Å². The number of ether oxygens (including phenoxy) is 1. The molecule has 1 aromatic carbocycles. The van der Waals surface area contributed by atoms with E-state index in [0.29, 0.717) is 24.6 Å². The lowest BCUT2D eigenvalue weighted by molar-refractivity contribution is 0.0962. The molecular weight excluding hydrogens is 302 g/mol. The highest BCUT2D eigenvalue weighted by Crippen LogP contribution is 2.07. The summed E-state index contributed by atoms with van der Waals surface area (Å²) in [5, 5.41) is 2.77. The zero-order valence-electron chi connectivity index (χ0n) is 14.3.